The van der Waals surface area contributed by atoms with Crippen molar-refractivity contribution in [3.63, 3.8) is 0 Å². The molecule has 2 heteroatoms. The molecule has 1 aliphatic heterocycles. The van der Waals surface area contributed by atoms with E-state index < -0.39 is 0 Å². The zero-order valence-electron chi connectivity index (χ0n) is 8.72. The van der Waals surface area contributed by atoms with Crippen molar-refractivity contribution < 1.29 is 0 Å². The van der Waals surface area contributed by atoms with Crippen LogP contribution in [0.5, 0.6) is 0 Å². The fraction of sp³-hybridized carbons (Fsp3) is 0.667. The van der Waals surface area contributed by atoms with Crippen molar-refractivity contribution in [2.75, 3.05) is 0 Å². The van der Waals surface area contributed by atoms with Crippen LogP contribution in [-0.2, 0) is 6.42 Å². The Hall–Kier alpha value is -0.760. The Labute approximate surface area is 85.1 Å². The first-order valence-corrected chi connectivity index (χ1v) is 5.72. The van der Waals surface area contributed by atoms with Crippen LogP contribution >= 0.6 is 0 Å². The molecule has 3 atom stereocenters. The lowest BCUT2D eigenvalue weighted by Crippen LogP contribution is -2.37. The third-order valence-electron chi connectivity index (χ3n) is 3.98. The van der Waals surface area contributed by atoms with Crippen molar-refractivity contribution in [2.45, 2.75) is 44.7 Å². The highest BCUT2D eigenvalue weighted by Gasteiger charge is 2.38. The van der Waals surface area contributed by atoms with Crippen LogP contribution < -0.4 is 5.32 Å². The lowest BCUT2D eigenvalue weighted by atomic mass is 9.95. The summed E-state index contributed by atoms with van der Waals surface area (Å²) in [5.41, 5.74) is 2.84. The van der Waals surface area contributed by atoms with Gasteiger partial charge < -0.3 is 10.3 Å². The van der Waals surface area contributed by atoms with E-state index in [-0.39, 0.29) is 0 Å². The predicted octanol–water partition coefficient (Wildman–Crippen LogP) is 2.01. The number of H-pyrrole nitrogens is 1. The number of piperidine rings is 1. The highest BCUT2D eigenvalue weighted by molar-refractivity contribution is 5.20. The van der Waals surface area contributed by atoms with Gasteiger partial charge in [-0.2, -0.15) is 0 Å². The Morgan fingerprint density at radius 2 is 2.36 bits per heavy atom. The van der Waals surface area contributed by atoms with E-state index in [0.29, 0.717) is 0 Å². The van der Waals surface area contributed by atoms with E-state index in [9.17, 15) is 0 Å². The summed E-state index contributed by atoms with van der Waals surface area (Å²) in [5, 5.41) is 3.74. The van der Waals surface area contributed by atoms with Crippen LogP contribution in [0, 0.1) is 12.8 Å². The van der Waals surface area contributed by atoms with Gasteiger partial charge in [0.1, 0.15) is 0 Å². The molecule has 0 amide bonds. The fourth-order valence-corrected chi connectivity index (χ4v) is 3.12. The number of hydrogen-bond donors (Lipinski definition) is 2. The lowest BCUT2D eigenvalue weighted by Gasteiger charge is -2.22. The lowest BCUT2D eigenvalue weighted by molar-refractivity contribution is 0.377. The topological polar surface area (TPSA) is 27.8 Å². The molecular formula is C12H18N2. The minimum Gasteiger partial charge on any atom is -0.365 e. The zero-order chi connectivity index (χ0) is 9.54. The van der Waals surface area contributed by atoms with Crippen LogP contribution in [0.2, 0.25) is 0 Å². The molecule has 1 aromatic rings. The van der Waals surface area contributed by atoms with E-state index in [4.69, 9.17) is 0 Å². The Morgan fingerprint density at radius 1 is 1.43 bits per heavy atom. The van der Waals surface area contributed by atoms with Crippen molar-refractivity contribution in [1.82, 2.24) is 10.3 Å². The van der Waals surface area contributed by atoms with Gasteiger partial charge in [0.25, 0.3) is 0 Å². The molecule has 0 aromatic carbocycles. The minimum absolute atomic E-state index is 0.742. The van der Waals surface area contributed by atoms with E-state index in [1.807, 2.05) is 0 Å². The van der Waals surface area contributed by atoms with Gasteiger partial charge >= 0.3 is 0 Å². The summed E-state index contributed by atoms with van der Waals surface area (Å²) in [4.78, 5) is 3.35. The summed E-state index contributed by atoms with van der Waals surface area (Å²) >= 11 is 0. The molecule has 14 heavy (non-hydrogen) atoms. The highest BCUT2D eigenvalue weighted by atomic mass is 15.0. The Bertz CT molecular complexity index is 329. The van der Waals surface area contributed by atoms with Crippen molar-refractivity contribution in [3.05, 3.63) is 23.5 Å². The van der Waals surface area contributed by atoms with Crippen LogP contribution in [0.3, 0.4) is 0 Å². The van der Waals surface area contributed by atoms with Gasteiger partial charge in [-0.15, -0.1) is 0 Å². The molecule has 2 heterocycles. The molecule has 3 unspecified atom stereocenters. The molecule has 2 aliphatic rings. The second-order valence-electron chi connectivity index (χ2n) is 4.89. The normalized spacial score (nSPS) is 35.4. The maximum Gasteiger partial charge on any atom is 0.0192 e. The Kier molecular flexibility index (Phi) is 1.91. The van der Waals surface area contributed by atoms with E-state index in [1.54, 1.807) is 0 Å². The molecule has 0 radical (unpaired) electrons. The molecule has 2 fully saturated rings. The van der Waals surface area contributed by atoms with Gasteiger partial charge in [-0.05, 0) is 43.7 Å². The molecule has 1 saturated carbocycles. The van der Waals surface area contributed by atoms with Crippen LogP contribution in [0.1, 0.15) is 30.5 Å². The number of fused-ring (bicyclic) bond motifs is 2. The molecule has 2 bridgehead atoms. The van der Waals surface area contributed by atoms with Crippen molar-refractivity contribution in [3.8, 4) is 0 Å². The van der Waals surface area contributed by atoms with Crippen molar-refractivity contribution >= 4 is 0 Å². The fourth-order valence-electron chi connectivity index (χ4n) is 3.12. The zero-order valence-corrected chi connectivity index (χ0v) is 8.72. The molecule has 1 aromatic heterocycles. The SMILES string of the molecule is Cc1cc[nH]c1CC1NC2CCC1C2. The van der Waals surface area contributed by atoms with Crippen LogP contribution in [-0.4, -0.2) is 17.1 Å². The summed E-state index contributed by atoms with van der Waals surface area (Å²) < 4.78 is 0. The number of nitrogens with one attached hydrogen (secondary N) is 2. The Balaban J connectivity index is 1.71. The monoisotopic (exact) mass is 190 g/mol. The summed E-state index contributed by atoms with van der Waals surface area (Å²) in [6.45, 7) is 2.19. The largest absolute Gasteiger partial charge is 0.365 e. The average molecular weight is 190 g/mol. The van der Waals surface area contributed by atoms with Gasteiger partial charge in [-0.1, -0.05) is 0 Å². The first-order chi connectivity index (χ1) is 6.83. The van der Waals surface area contributed by atoms with Crippen LogP contribution in [0.4, 0.5) is 0 Å². The number of hydrogen-bond acceptors (Lipinski definition) is 1. The van der Waals surface area contributed by atoms with Crippen molar-refractivity contribution in [1.29, 1.82) is 0 Å². The third-order valence-corrected chi connectivity index (χ3v) is 3.98. The summed E-state index contributed by atoms with van der Waals surface area (Å²) in [5.74, 6) is 0.947. The predicted molar refractivity (Wildman–Crippen MR) is 57.3 cm³/mol. The molecule has 1 saturated heterocycles. The molecular weight excluding hydrogens is 172 g/mol. The molecule has 2 N–H and O–H groups in total. The van der Waals surface area contributed by atoms with E-state index in [2.05, 4.69) is 29.5 Å². The van der Waals surface area contributed by atoms with Gasteiger partial charge in [0, 0.05) is 30.4 Å². The van der Waals surface area contributed by atoms with Crippen LogP contribution in [0.25, 0.3) is 0 Å². The van der Waals surface area contributed by atoms with Crippen molar-refractivity contribution in [2.24, 2.45) is 5.92 Å². The third kappa shape index (κ3) is 1.29. The quantitative estimate of drug-likeness (QED) is 0.733. The first-order valence-electron chi connectivity index (χ1n) is 5.72. The summed E-state index contributed by atoms with van der Waals surface area (Å²) in [6.07, 6.45) is 7.52. The number of aromatic amines is 1. The van der Waals surface area contributed by atoms with Gasteiger partial charge in [0.2, 0.25) is 0 Å². The van der Waals surface area contributed by atoms with Gasteiger partial charge in [-0.3, -0.25) is 0 Å². The maximum atomic E-state index is 3.74. The smallest absolute Gasteiger partial charge is 0.0192 e. The number of aromatic nitrogens is 1. The molecule has 2 nitrogen and oxygen atoms in total. The Morgan fingerprint density at radius 3 is 2.93 bits per heavy atom. The van der Waals surface area contributed by atoms with E-state index >= 15 is 0 Å². The van der Waals surface area contributed by atoms with Crippen LogP contribution in [0.15, 0.2) is 12.3 Å². The second-order valence-corrected chi connectivity index (χ2v) is 4.89. The summed E-state index contributed by atoms with van der Waals surface area (Å²) in [7, 11) is 0. The minimum atomic E-state index is 0.742. The first kappa shape index (κ1) is 8.54. The van der Waals surface area contributed by atoms with E-state index in [0.717, 1.165) is 18.0 Å². The standard InChI is InChI=1S/C12H18N2/c1-8-4-5-13-11(8)7-12-9-2-3-10(6-9)14-12/h4-5,9-10,12-14H,2-3,6-7H2,1H3. The maximum absolute atomic E-state index is 3.74. The molecule has 76 valence electrons. The molecule has 0 spiro atoms. The highest BCUT2D eigenvalue weighted by Crippen LogP contribution is 2.36. The number of aryl methyl sites for hydroxylation is 1. The summed E-state index contributed by atoms with van der Waals surface area (Å²) in [6, 6.07) is 3.74. The van der Waals surface area contributed by atoms with Gasteiger partial charge in [-0.25, -0.2) is 0 Å². The van der Waals surface area contributed by atoms with E-state index in [1.165, 1.54) is 36.9 Å². The molecule has 3 rings (SSSR count). The van der Waals surface area contributed by atoms with Gasteiger partial charge in [0.05, 0.1) is 0 Å². The average Bonchev–Trinajstić information content (AvgIpc) is 2.83. The number of rotatable bonds is 2. The second kappa shape index (κ2) is 3.13. The van der Waals surface area contributed by atoms with Gasteiger partial charge in [0.15, 0.2) is 0 Å². The molecule has 1 aliphatic carbocycles.